The summed E-state index contributed by atoms with van der Waals surface area (Å²) in [5.41, 5.74) is 1.08. The molecule has 2 aliphatic rings. The lowest BCUT2D eigenvalue weighted by atomic mass is 9.57. The van der Waals surface area contributed by atoms with Gasteiger partial charge in [0.05, 0.1) is 7.11 Å². The highest BCUT2D eigenvalue weighted by molar-refractivity contribution is 5.87. The minimum atomic E-state index is -0.911. The van der Waals surface area contributed by atoms with Gasteiger partial charge in [0, 0.05) is 12.0 Å². The van der Waals surface area contributed by atoms with Crippen LogP contribution in [-0.4, -0.2) is 36.5 Å². The van der Waals surface area contributed by atoms with Gasteiger partial charge in [-0.2, -0.15) is 0 Å². The number of esters is 1. The van der Waals surface area contributed by atoms with E-state index < -0.39 is 11.0 Å². The molecule has 0 spiro atoms. The Morgan fingerprint density at radius 2 is 2.18 bits per heavy atom. The van der Waals surface area contributed by atoms with Gasteiger partial charge >= 0.3 is 5.97 Å². The predicted octanol–water partition coefficient (Wildman–Crippen LogP) is 2.22. The second-order valence-corrected chi connectivity index (χ2v) is 6.13. The summed E-state index contributed by atoms with van der Waals surface area (Å²) in [6.07, 6.45) is 5.44. The summed E-state index contributed by atoms with van der Waals surface area (Å²) < 4.78 is 5.14. The number of aryl methyl sites for hydroxylation is 1. The SMILES string of the molecule is C=CC[C@]12CCN(C=O)[C@@]1(C(=O)OC)CCc1ccccc12. The number of carbonyl (C=O) groups is 2. The number of amides is 1. The van der Waals surface area contributed by atoms with Crippen molar-refractivity contribution in [1.82, 2.24) is 4.90 Å². The zero-order valence-corrected chi connectivity index (χ0v) is 12.9. The molecule has 0 unspecified atom stereocenters. The van der Waals surface area contributed by atoms with Crippen LogP contribution in [0.25, 0.3) is 0 Å². The number of ether oxygens (including phenoxy) is 1. The Bertz CT molecular complexity index is 627. The highest BCUT2D eigenvalue weighted by Gasteiger charge is 2.66. The first kappa shape index (κ1) is 14.8. The molecule has 2 atom stereocenters. The first-order valence-electron chi connectivity index (χ1n) is 7.66. The predicted molar refractivity (Wildman–Crippen MR) is 83.4 cm³/mol. The van der Waals surface area contributed by atoms with E-state index in [0.29, 0.717) is 19.4 Å². The molecule has 3 rings (SSSR count). The van der Waals surface area contributed by atoms with Crippen LogP contribution < -0.4 is 0 Å². The normalized spacial score (nSPS) is 29.4. The molecule has 1 fully saturated rings. The Morgan fingerprint density at radius 3 is 2.86 bits per heavy atom. The number of carbonyl (C=O) groups excluding carboxylic acids is 2. The van der Waals surface area contributed by atoms with Gasteiger partial charge in [0.15, 0.2) is 5.54 Å². The zero-order chi connectivity index (χ0) is 15.8. The van der Waals surface area contributed by atoms with Crippen LogP contribution in [0.5, 0.6) is 0 Å². The molecule has 0 aromatic heterocycles. The van der Waals surface area contributed by atoms with E-state index in [1.807, 2.05) is 18.2 Å². The van der Waals surface area contributed by atoms with Crippen molar-refractivity contribution < 1.29 is 14.3 Å². The fourth-order valence-electron chi connectivity index (χ4n) is 4.60. The van der Waals surface area contributed by atoms with Crippen LogP contribution >= 0.6 is 0 Å². The molecular weight excluding hydrogens is 278 g/mol. The molecular formula is C18H21NO3. The number of rotatable bonds is 4. The Balaban J connectivity index is 2.28. The molecule has 1 saturated heterocycles. The van der Waals surface area contributed by atoms with E-state index in [9.17, 15) is 9.59 Å². The highest BCUT2D eigenvalue weighted by atomic mass is 16.5. The van der Waals surface area contributed by atoms with Crippen molar-refractivity contribution in [2.75, 3.05) is 13.7 Å². The fourth-order valence-corrected chi connectivity index (χ4v) is 4.60. The third-order valence-corrected chi connectivity index (χ3v) is 5.49. The minimum absolute atomic E-state index is 0.312. The maximum absolute atomic E-state index is 12.8. The standard InChI is InChI=1S/C18H21NO3/c1-3-9-17-11-12-19(13-20)18(17,16(21)22-2)10-8-14-6-4-5-7-15(14)17/h3-7,13H,1,8-12H2,2H3/t17-,18-/m1/s1. The van der Waals surface area contributed by atoms with Gasteiger partial charge in [-0.1, -0.05) is 30.3 Å². The van der Waals surface area contributed by atoms with E-state index in [-0.39, 0.29) is 5.97 Å². The minimum Gasteiger partial charge on any atom is -0.467 e. The van der Waals surface area contributed by atoms with Gasteiger partial charge in [0.1, 0.15) is 0 Å². The van der Waals surface area contributed by atoms with Crippen LogP contribution in [0.2, 0.25) is 0 Å². The Kier molecular flexibility index (Phi) is 3.55. The Labute approximate surface area is 130 Å². The second-order valence-electron chi connectivity index (χ2n) is 6.13. The van der Waals surface area contributed by atoms with Crippen LogP contribution in [0, 0.1) is 0 Å². The van der Waals surface area contributed by atoms with Crippen LogP contribution in [0.1, 0.15) is 30.4 Å². The topological polar surface area (TPSA) is 46.6 Å². The van der Waals surface area contributed by atoms with Gasteiger partial charge < -0.3 is 9.64 Å². The summed E-state index contributed by atoms with van der Waals surface area (Å²) in [4.78, 5) is 26.1. The number of likely N-dealkylation sites (tertiary alicyclic amines) is 1. The lowest BCUT2D eigenvalue weighted by Gasteiger charge is -2.50. The molecule has 1 aliphatic carbocycles. The number of methoxy groups -OCH3 is 1. The van der Waals surface area contributed by atoms with Crippen molar-refractivity contribution in [2.24, 2.45) is 0 Å². The Hall–Kier alpha value is -2.10. The van der Waals surface area contributed by atoms with Crippen LogP contribution in [0.3, 0.4) is 0 Å². The molecule has 22 heavy (non-hydrogen) atoms. The molecule has 0 saturated carbocycles. The molecule has 1 aliphatic heterocycles. The van der Waals surface area contributed by atoms with Crippen LogP contribution in [-0.2, 0) is 26.2 Å². The van der Waals surface area contributed by atoms with E-state index in [1.165, 1.54) is 12.7 Å². The van der Waals surface area contributed by atoms with E-state index in [4.69, 9.17) is 4.74 Å². The number of hydrogen-bond donors (Lipinski definition) is 0. The molecule has 4 nitrogen and oxygen atoms in total. The van der Waals surface area contributed by atoms with Crippen molar-refractivity contribution in [1.29, 1.82) is 0 Å². The van der Waals surface area contributed by atoms with Gasteiger partial charge in [-0.05, 0) is 36.8 Å². The molecule has 1 aromatic carbocycles. The summed E-state index contributed by atoms with van der Waals surface area (Å²) in [5, 5.41) is 0. The average Bonchev–Trinajstić information content (AvgIpc) is 2.90. The average molecular weight is 299 g/mol. The summed E-state index contributed by atoms with van der Waals surface area (Å²) in [6, 6.07) is 8.23. The molecule has 4 heteroatoms. The van der Waals surface area contributed by atoms with Crippen molar-refractivity contribution >= 4 is 12.4 Å². The van der Waals surface area contributed by atoms with Crippen LogP contribution in [0.15, 0.2) is 36.9 Å². The smallest absolute Gasteiger partial charge is 0.332 e. The molecule has 1 heterocycles. The van der Waals surface area contributed by atoms with Gasteiger partial charge in [0.25, 0.3) is 0 Å². The fraction of sp³-hybridized carbons (Fsp3) is 0.444. The monoisotopic (exact) mass is 299 g/mol. The van der Waals surface area contributed by atoms with Crippen molar-refractivity contribution in [3.8, 4) is 0 Å². The second kappa shape index (κ2) is 5.27. The van der Waals surface area contributed by atoms with E-state index in [0.717, 1.165) is 24.8 Å². The molecule has 0 radical (unpaired) electrons. The van der Waals surface area contributed by atoms with Gasteiger partial charge in [0.2, 0.25) is 6.41 Å². The van der Waals surface area contributed by atoms with Crippen molar-refractivity contribution in [2.45, 2.75) is 36.6 Å². The van der Waals surface area contributed by atoms with Crippen molar-refractivity contribution in [3.05, 3.63) is 48.0 Å². The molecule has 116 valence electrons. The largest absolute Gasteiger partial charge is 0.467 e. The number of nitrogens with zero attached hydrogens (tertiary/aromatic N) is 1. The summed E-state index contributed by atoms with van der Waals surface area (Å²) in [5.74, 6) is -0.312. The summed E-state index contributed by atoms with van der Waals surface area (Å²) in [7, 11) is 1.40. The zero-order valence-electron chi connectivity index (χ0n) is 12.9. The maximum Gasteiger partial charge on any atom is 0.332 e. The van der Waals surface area contributed by atoms with E-state index in [1.54, 1.807) is 4.90 Å². The highest BCUT2D eigenvalue weighted by Crippen LogP contribution is 2.56. The first-order chi connectivity index (χ1) is 10.7. The molecule has 1 aromatic rings. The van der Waals surface area contributed by atoms with Gasteiger partial charge in [-0.3, -0.25) is 4.79 Å². The number of fused-ring (bicyclic) bond motifs is 3. The van der Waals surface area contributed by atoms with Gasteiger partial charge in [-0.15, -0.1) is 6.58 Å². The summed E-state index contributed by atoms with van der Waals surface area (Å²) in [6.45, 7) is 4.46. The third-order valence-electron chi connectivity index (χ3n) is 5.49. The maximum atomic E-state index is 12.8. The third kappa shape index (κ3) is 1.64. The first-order valence-corrected chi connectivity index (χ1v) is 7.66. The quantitative estimate of drug-likeness (QED) is 0.486. The molecule has 0 bridgehead atoms. The summed E-state index contributed by atoms with van der Waals surface area (Å²) >= 11 is 0. The van der Waals surface area contributed by atoms with E-state index in [2.05, 4.69) is 18.7 Å². The number of allylic oxidation sites excluding steroid dienone is 1. The molecule has 1 amide bonds. The van der Waals surface area contributed by atoms with Crippen molar-refractivity contribution in [3.63, 3.8) is 0 Å². The van der Waals surface area contributed by atoms with E-state index >= 15 is 0 Å². The van der Waals surface area contributed by atoms with Gasteiger partial charge in [-0.25, -0.2) is 4.79 Å². The van der Waals surface area contributed by atoms with Crippen LogP contribution in [0.4, 0.5) is 0 Å². The number of hydrogen-bond acceptors (Lipinski definition) is 3. The lowest BCUT2D eigenvalue weighted by Crippen LogP contribution is -2.63. The number of benzene rings is 1. The molecule has 0 N–H and O–H groups in total. The Morgan fingerprint density at radius 1 is 1.41 bits per heavy atom. The lowest BCUT2D eigenvalue weighted by molar-refractivity contribution is -0.161.